The first-order valence-electron chi connectivity index (χ1n) is 8.24. The van der Waals surface area contributed by atoms with Crippen LogP contribution < -0.4 is 0 Å². The van der Waals surface area contributed by atoms with Crippen LogP contribution in [-0.2, 0) is 0 Å². The molecule has 5 nitrogen and oxygen atoms in total. The van der Waals surface area contributed by atoms with Crippen molar-refractivity contribution in [1.29, 1.82) is 0 Å². The van der Waals surface area contributed by atoms with E-state index in [0.29, 0.717) is 12.0 Å². The van der Waals surface area contributed by atoms with E-state index in [1.165, 1.54) is 0 Å². The van der Waals surface area contributed by atoms with Gasteiger partial charge in [-0.2, -0.15) is 5.10 Å². The van der Waals surface area contributed by atoms with Crippen molar-refractivity contribution >= 4 is 5.91 Å². The van der Waals surface area contributed by atoms with Gasteiger partial charge in [-0.1, -0.05) is 48.5 Å². The SMILES string of the molecule is CN(C(=O)c1cnn(-c2ccccc2)c1)C(CCO)c1ccccc1. The molecule has 0 radical (unpaired) electrons. The summed E-state index contributed by atoms with van der Waals surface area (Å²) in [5, 5.41) is 13.7. The Morgan fingerprint density at radius 1 is 1.12 bits per heavy atom. The molecule has 0 saturated heterocycles. The van der Waals surface area contributed by atoms with Gasteiger partial charge in [0.15, 0.2) is 0 Å². The fraction of sp³-hybridized carbons (Fsp3) is 0.200. The predicted molar refractivity (Wildman–Crippen MR) is 96.5 cm³/mol. The third-order valence-corrected chi connectivity index (χ3v) is 4.23. The van der Waals surface area contributed by atoms with Crippen molar-refractivity contribution in [3.05, 3.63) is 84.2 Å². The lowest BCUT2D eigenvalue weighted by atomic mass is 10.0. The van der Waals surface area contributed by atoms with Gasteiger partial charge in [-0.25, -0.2) is 4.68 Å². The number of para-hydroxylation sites is 1. The lowest BCUT2D eigenvalue weighted by molar-refractivity contribution is 0.0705. The molecule has 1 heterocycles. The molecular formula is C20H21N3O2. The Morgan fingerprint density at radius 2 is 1.76 bits per heavy atom. The fourth-order valence-electron chi connectivity index (χ4n) is 2.88. The number of benzene rings is 2. The van der Waals surface area contributed by atoms with Crippen LogP contribution in [0.15, 0.2) is 73.1 Å². The molecule has 128 valence electrons. The maximum atomic E-state index is 12.9. The molecule has 3 rings (SSSR count). The monoisotopic (exact) mass is 335 g/mol. The van der Waals surface area contributed by atoms with E-state index < -0.39 is 0 Å². The molecule has 0 aliphatic rings. The first-order valence-corrected chi connectivity index (χ1v) is 8.24. The summed E-state index contributed by atoms with van der Waals surface area (Å²) in [6, 6.07) is 19.2. The molecule has 1 N–H and O–H groups in total. The van der Waals surface area contributed by atoms with Crippen LogP contribution in [0.2, 0.25) is 0 Å². The van der Waals surface area contributed by atoms with E-state index in [0.717, 1.165) is 11.3 Å². The Bertz CT molecular complexity index is 815. The molecule has 2 aromatic carbocycles. The average Bonchev–Trinajstić information content (AvgIpc) is 3.16. The average molecular weight is 335 g/mol. The van der Waals surface area contributed by atoms with E-state index in [1.807, 2.05) is 60.7 Å². The Hall–Kier alpha value is -2.92. The predicted octanol–water partition coefficient (Wildman–Crippen LogP) is 3.07. The number of rotatable bonds is 6. The van der Waals surface area contributed by atoms with Gasteiger partial charge in [0.2, 0.25) is 0 Å². The zero-order valence-corrected chi connectivity index (χ0v) is 14.1. The van der Waals surface area contributed by atoms with Crippen molar-refractivity contribution < 1.29 is 9.90 Å². The van der Waals surface area contributed by atoms with E-state index in [2.05, 4.69) is 5.10 Å². The second kappa shape index (κ2) is 7.77. The van der Waals surface area contributed by atoms with E-state index in [9.17, 15) is 9.90 Å². The third kappa shape index (κ3) is 3.78. The van der Waals surface area contributed by atoms with Crippen molar-refractivity contribution in [3.63, 3.8) is 0 Å². The number of carbonyl (C=O) groups excluding carboxylic acids is 1. The minimum atomic E-state index is -0.182. The van der Waals surface area contributed by atoms with Crippen molar-refractivity contribution in [1.82, 2.24) is 14.7 Å². The molecule has 1 unspecified atom stereocenters. The van der Waals surface area contributed by atoms with Crippen LogP contribution in [0.25, 0.3) is 5.69 Å². The Kier molecular flexibility index (Phi) is 5.26. The molecular weight excluding hydrogens is 314 g/mol. The van der Waals surface area contributed by atoms with Crippen LogP contribution in [0.3, 0.4) is 0 Å². The van der Waals surface area contributed by atoms with Gasteiger partial charge in [-0.05, 0) is 24.1 Å². The summed E-state index contributed by atoms with van der Waals surface area (Å²) in [5.41, 5.74) is 2.42. The molecule has 0 bridgehead atoms. The highest BCUT2D eigenvalue weighted by Gasteiger charge is 2.23. The summed E-state index contributed by atoms with van der Waals surface area (Å²) >= 11 is 0. The number of aromatic nitrogens is 2. The largest absolute Gasteiger partial charge is 0.396 e. The first kappa shape index (κ1) is 16.9. The molecule has 0 fully saturated rings. The highest BCUT2D eigenvalue weighted by atomic mass is 16.3. The van der Waals surface area contributed by atoms with Crippen LogP contribution in [0.5, 0.6) is 0 Å². The maximum absolute atomic E-state index is 12.9. The Labute approximate surface area is 147 Å². The molecule has 0 aliphatic carbocycles. The first-order chi connectivity index (χ1) is 12.2. The third-order valence-electron chi connectivity index (χ3n) is 4.23. The van der Waals surface area contributed by atoms with Crippen LogP contribution in [0, 0.1) is 0 Å². The second-order valence-electron chi connectivity index (χ2n) is 5.86. The number of nitrogens with zero attached hydrogens (tertiary/aromatic N) is 3. The van der Waals surface area contributed by atoms with Crippen molar-refractivity contribution in [2.75, 3.05) is 13.7 Å². The van der Waals surface area contributed by atoms with Gasteiger partial charge >= 0.3 is 0 Å². The zero-order valence-electron chi connectivity index (χ0n) is 14.1. The van der Waals surface area contributed by atoms with Gasteiger partial charge in [0.05, 0.1) is 23.5 Å². The van der Waals surface area contributed by atoms with E-state index in [4.69, 9.17) is 0 Å². The molecule has 0 saturated carbocycles. The van der Waals surface area contributed by atoms with Gasteiger partial charge in [0, 0.05) is 19.9 Å². The smallest absolute Gasteiger partial charge is 0.257 e. The molecule has 1 aromatic heterocycles. The quantitative estimate of drug-likeness (QED) is 0.753. The molecule has 0 spiro atoms. The number of aliphatic hydroxyl groups is 1. The number of amides is 1. The molecule has 0 aliphatic heterocycles. The summed E-state index contributed by atoms with van der Waals surface area (Å²) in [5.74, 6) is -0.121. The summed E-state index contributed by atoms with van der Waals surface area (Å²) < 4.78 is 1.69. The van der Waals surface area contributed by atoms with Crippen LogP contribution >= 0.6 is 0 Å². The second-order valence-corrected chi connectivity index (χ2v) is 5.86. The van der Waals surface area contributed by atoms with Gasteiger partial charge in [0.1, 0.15) is 0 Å². The highest BCUT2D eigenvalue weighted by Crippen LogP contribution is 2.24. The minimum Gasteiger partial charge on any atom is -0.396 e. The number of hydrogen-bond donors (Lipinski definition) is 1. The number of aliphatic hydroxyl groups excluding tert-OH is 1. The lowest BCUT2D eigenvalue weighted by Crippen LogP contribution is -2.31. The lowest BCUT2D eigenvalue weighted by Gasteiger charge is -2.28. The van der Waals surface area contributed by atoms with Crippen molar-refractivity contribution in [2.45, 2.75) is 12.5 Å². The van der Waals surface area contributed by atoms with Crippen molar-refractivity contribution in [3.8, 4) is 5.69 Å². The highest BCUT2D eigenvalue weighted by molar-refractivity contribution is 5.94. The van der Waals surface area contributed by atoms with Crippen LogP contribution in [-0.4, -0.2) is 39.3 Å². The van der Waals surface area contributed by atoms with Crippen LogP contribution in [0.1, 0.15) is 28.4 Å². The summed E-state index contributed by atoms with van der Waals surface area (Å²) in [6.07, 6.45) is 3.79. The normalized spacial score (nSPS) is 11.9. The molecule has 25 heavy (non-hydrogen) atoms. The molecule has 3 aromatic rings. The maximum Gasteiger partial charge on any atom is 0.257 e. The van der Waals surface area contributed by atoms with Gasteiger partial charge in [0.25, 0.3) is 5.91 Å². The molecule has 5 heteroatoms. The van der Waals surface area contributed by atoms with Gasteiger partial charge in [-0.15, -0.1) is 0 Å². The van der Waals surface area contributed by atoms with E-state index >= 15 is 0 Å². The standard InChI is InChI=1S/C20H21N3O2/c1-22(19(12-13-24)16-8-4-2-5-9-16)20(25)17-14-21-23(15-17)18-10-6-3-7-11-18/h2-11,14-15,19,24H,12-13H2,1H3. The van der Waals surface area contributed by atoms with E-state index in [-0.39, 0.29) is 18.6 Å². The van der Waals surface area contributed by atoms with Crippen LogP contribution in [0.4, 0.5) is 0 Å². The molecule has 1 atom stereocenters. The zero-order chi connectivity index (χ0) is 17.6. The number of carbonyl (C=O) groups is 1. The van der Waals surface area contributed by atoms with Gasteiger partial charge in [-0.3, -0.25) is 4.79 Å². The Balaban J connectivity index is 1.83. The summed E-state index contributed by atoms with van der Waals surface area (Å²) in [6.45, 7) is 0.0143. The van der Waals surface area contributed by atoms with Crippen molar-refractivity contribution in [2.24, 2.45) is 0 Å². The summed E-state index contributed by atoms with van der Waals surface area (Å²) in [7, 11) is 1.76. The topological polar surface area (TPSA) is 58.4 Å². The summed E-state index contributed by atoms with van der Waals surface area (Å²) in [4.78, 5) is 14.5. The Morgan fingerprint density at radius 3 is 2.40 bits per heavy atom. The minimum absolute atomic E-state index is 0.0143. The number of hydrogen-bond acceptors (Lipinski definition) is 3. The fourth-order valence-corrected chi connectivity index (χ4v) is 2.88. The van der Waals surface area contributed by atoms with Gasteiger partial charge < -0.3 is 10.0 Å². The van der Waals surface area contributed by atoms with E-state index in [1.54, 1.807) is 29.0 Å². The molecule has 1 amide bonds.